The van der Waals surface area contributed by atoms with Crippen LogP contribution < -0.4 is 10.1 Å². The van der Waals surface area contributed by atoms with Crippen LogP contribution >= 0.6 is 0 Å². The van der Waals surface area contributed by atoms with Gasteiger partial charge in [-0.15, -0.1) is 0 Å². The molecule has 1 N–H and O–H groups in total. The second-order valence-electron chi connectivity index (χ2n) is 4.72. The van der Waals surface area contributed by atoms with Gasteiger partial charge in [0.05, 0.1) is 7.11 Å². The van der Waals surface area contributed by atoms with Gasteiger partial charge in [0.15, 0.2) is 0 Å². The summed E-state index contributed by atoms with van der Waals surface area (Å²) in [6.45, 7) is 7.50. The number of aromatic nitrogens is 2. The molecule has 2 heterocycles. The molecule has 1 aromatic rings. The molecule has 0 aliphatic carbocycles. The van der Waals surface area contributed by atoms with E-state index in [1.165, 1.54) is 19.4 Å². The summed E-state index contributed by atoms with van der Waals surface area (Å²) in [5.74, 6) is 2.22. The summed E-state index contributed by atoms with van der Waals surface area (Å²) < 4.78 is 5.17. The van der Waals surface area contributed by atoms with Gasteiger partial charge in [0.2, 0.25) is 5.88 Å². The van der Waals surface area contributed by atoms with E-state index in [0.717, 1.165) is 24.7 Å². The van der Waals surface area contributed by atoms with Gasteiger partial charge in [0.1, 0.15) is 11.6 Å². The summed E-state index contributed by atoms with van der Waals surface area (Å²) >= 11 is 0. The summed E-state index contributed by atoms with van der Waals surface area (Å²) in [6.07, 6.45) is 2.44. The zero-order valence-corrected chi connectivity index (χ0v) is 11.4. The number of likely N-dealkylation sites (N-methyl/N-ethyl adjacent to an activating group) is 1. The Hall–Kier alpha value is -1.36. The van der Waals surface area contributed by atoms with Crippen LogP contribution in [-0.2, 0) is 0 Å². The number of hydrogen-bond donors (Lipinski definition) is 1. The smallest absolute Gasteiger partial charge is 0.218 e. The first-order valence-corrected chi connectivity index (χ1v) is 6.60. The van der Waals surface area contributed by atoms with E-state index in [1.54, 1.807) is 7.11 Å². The van der Waals surface area contributed by atoms with Crippen LogP contribution in [0.5, 0.6) is 5.88 Å². The van der Waals surface area contributed by atoms with Crippen LogP contribution in [0.25, 0.3) is 0 Å². The highest BCUT2D eigenvalue weighted by atomic mass is 16.5. The maximum Gasteiger partial charge on any atom is 0.218 e. The van der Waals surface area contributed by atoms with Crippen molar-refractivity contribution >= 4 is 5.82 Å². The van der Waals surface area contributed by atoms with Crippen LogP contribution in [-0.4, -0.2) is 47.7 Å². The first-order valence-electron chi connectivity index (χ1n) is 6.60. The number of likely N-dealkylation sites (tertiary alicyclic amines) is 1. The molecule has 100 valence electrons. The van der Waals surface area contributed by atoms with E-state index in [-0.39, 0.29) is 0 Å². The van der Waals surface area contributed by atoms with Gasteiger partial charge in [0.25, 0.3) is 0 Å². The lowest BCUT2D eigenvalue weighted by Gasteiger charge is -2.32. The van der Waals surface area contributed by atoms with Gasteiger partial charge in [0, 0.05) is 18.7 Å². The van der Waals surface area contributed by atoms with E-state index in [0.29, 0.717) is 11.9 Å². The normalized spacial score (nSPS) is 20.7. The van der Waals surface area contributed by atoms with Crippen LogP contribution in [0.2, 0.25) is 0 Å². The van der Waals surface area contributed by atoms with Gasteiger partial charge < -0.3 is 15.0 Å². The lowest BCUT2D eigenvalue weighted by molar-refractivity contribution is 0.226. The molecule has 2 rings (SSSR count). The predicted molar refractivity (Wildman–Crippen MR) is 72.1 cm³/mol. The van der Waals surface area contributed by atoms with Crippen molar-refractivity contribution in [2.45, 2.75) is 32.7 Å². The molecule has 1 fully saturated rings. The molecule has 1 saturated heterocycles. The van der Waals surface area contributed by atoms with Crippen molar-refractivity contribution in [2.24, 2.45) is 0 Å². The van der Waals surface area contributed by atoms with Gasteiger partial charge in [-0.05, 0) is 32.9 Å². The second-order valence-corrected chi connectivity index (χ2v) is 4.72. The van der Waals surface area contributed by atoms with E-state index in [1.807, 2.05) is 13.0 Å². The molecule has 0 aromatic carbocycles. The van der Waals surface area contributed by atoms with Gasteiger partial charge >= 0.3 is 0 Å². The fraction of sp³-hybridized carbons (Fsp3) is 0.692. The zero-order valence-electron chi connectivity index (χ0n) is 11.4. The molecule has 1 atom stereocenters. The Kier molecular flexibility index (Phi) is 4.36. The van der Waals surface area contributed by atoms with E-state index >= 15 is 0 Å². The summed E-state index contributed by atoms with van der Waals surface area (Å²) in [6, 6.07) is 2.33. The van der Waals surface area contributed by atoms with Crippen molar-refractivity contribution in [1.29, 1.82) is 0 Å². The van der Waals surface area contributed by atoms with Gasteiger partial charge in [-0.1, -0.05) is 6.92 Å². The van der Waals surface area contributed by atoms with Crippen LogP contribution in [0.1, 0.15) is 25.6 Å². The van der Waals surface area contributed by atoms with Crippen LogP contribution in [0.4, 0.5) is 5.82 Å². The van der Waals surface area contributed by atoms with E-state index < -0.39 is 0 Å². The van der Waals surface area contributed by atoms with Crippen molar-refractivity contribution in [3.05, 3.63) is 11.9 Å². The molecular formula is C13H22N4O. The quantitative estimate of drug-likeness (QED) is 0.881. The monoisotopic (exact) mass is 250 g/mol. The zero-order chi connectivity index (χ0) is 13.0. The first-order chi connectivity index (χ1) is 8.71. The van der Waals surface area contributed by atoms with E-state index in [4.69, 9.17) is 4.74 Å². The van der Waals surface area contributed by atoms with Gasteiger partial charge in [-0.25, -0.2) is 4.98 Å². The van der Waals surface area contributed by atoms with Crippen molar-refractivity contribution in [3.8, 4) is 5.88 Å². The van der Waals surface area contributed by atoms with Gasteiger partial charge in [-0.2, -0.15) is 4.98 Å². The van der Waals surface area contributed by atoms with Crippen LogP contribution in [0.3, 0.4) is 0 Å². The summed E-state index contributed by atoms with van der Waals surface area (Å²) in [7, 11) is 1.63. The largest absolute Gasteiger partial charge is 0.481 e. The summed E-state index contributed by atoms with van der Waals surface area (Å²) in [5, 5.41) is 3.49. The maximum atomic E-state index is 5.17. The molecule has 0 bridgehead atoms. The Morgan fingerprint density at radius 1 is 1.50 bits per heavy atom. The summed E-state index contributed by atoms with van der Waals surface area (Å²) in [4.78, 5) is 11.1. The molecule has 18 heavy (non-hydrogen) atoms. The number of aryl methyl sites for hydroxylation is 1. The second kappa shape index (κ2) is 6.00. The number of hydrogen-bond acceptors (Lipinski definition) is 5. The van der Waals surface area contributed by atoms with Crippen LogP contribution in [0.15, 0.2) is 6.07 Å². The Labute approximate surface area is 109 Å². The SMILES string of the molecule is CCN1CCCC(Nc2cc(OC)nc(C)n2)C1. The highest BCUT2D eigenvalue weighted by molar-refractivity contribution is 5.39. The molecule has 1 aromatic heterocycles. The lowest BCUT2D eigenvalue weighted by atomic mass is 10.1. The van der Waals surface area contributed by atoms with Gasteiger partial charge in [-0.3, -0.25) is 0 Å². The molecule has 5 nitrogen and oxygen atoms in total. The Morgan fingerprint density at radius 3 is 3.06 bits per heavy atom. The molecule has 0 spiro atoms. The minimum atomic E-state index is 0.470. The average Bonchev–Trinajstić information content (AvgIpc) is 2.38. The van der Waals surface area contributed by atoms with Crippen LogP contribution in [0, 0.1) is 6.92 Å². The third-order valence-corrected chi connectivity index (χ3v) is 3.33. The highest BCUT2D eigenvalue weighted by Gasteiger charge is 2.19. The summed E-state index contributed by atoms with van der Waals surface area (Å²) in [5.41, 5.74) is 0. The first kappa shape index (κ1) is 13.1. The average molecular weight is 250 g/mol. The number of methoxy groups -OCH3 is 1. The molecule has 0 saturated carbocycles. The minimum Gasteiger partial charge on any atom is -0.481 e. The standard InChI is InChI=1S/C13H22N4O/c1-4-17-7-5-6-11(9-17)16-12-8-13(18-3)15-10(2)14-12/h8,11H,4-7,9H2,1-3H3,(H,14,15,16). The number of piperidine rings is 1. The third-order valence-electron chi connectivity index (χ3n) is 3.33. The highest BCUT2D eigenvalue weighted by Crippen LogP contribution is 2.17. The minimum absolute atomic E-state index is 0.470. The molecule has 1 aliphatic heterocycles. The maximum absolute atomic E-state index is 5.17. The molecule has 1 aliphatic rings. The Bertz CT molecular complexity index is 397. The third kappa shape index (κ3) is 3.32. The van der Waals surface area contributed by atoms with Crippen molar-refractivity contribution < 1.29 is 4.74 Å². The van der Waals surface area contributed by atoms with Crippen molar-refractivity contribution in [3.63, 3.8) is 0 Å². The number of nitrogens with one attached hydrogen (secondary N) is 1. The Balaban J connectivity index is 2.02. The fourth-order valence-corrected chi connectivity index (χ4v) is 2.39. The molecular weight excluding hydrogens is 228 g/mol. The number of ether oxygens (including phenoxy) is 1. The Morgan fingerprint density at radius 2 is 2.33 bits per heavy atom. The number of nitrogens with zero attached hydrogens (tertiary/aromatic N) is 3. The van der Waals surface area contributed by atoms with Crippen molar-refractivity contribution in [2.75, 3.05) is 32.1 Å². The topological polar surface area (TPSA) is 50.3 Å². The number of anilines is 1. The molecule has 5 heteroatoms. The number of rotatable bonds is 4. The fourth-order valence-electron chi connectivity index (χ4n) is 2.39. The predicted octanol–water partition coefficient (Wildman–Crippen LogP) is 1.69. The van der Waals surface area contributed by atoms with Crippen molar-refractivity contribution in [1.82, 2.24) is 14.9 Å². The molecule has 0 radical (unpaired) electrons. The van der Waals surface area contributed by atoms with E-state index in [9.17, 15) is 0 Å². The molecule has 0 amide bonds. The van der Waals surface area contributed by atoms with E-state index in [2.05, 4.69) is 27.1 Å². The molecule has 1 unspecified atom stereocenters. The lowest BCUT2D eigenvalue weighted by Crippen LogP contribution is -2.42.